The fourth-order valence-electron chi connectivity index (χ4n) is 2.10. The summed E-state index contributed by atoms with van der Waals surface area (Å²) in [6.07, 6.45) is 0. The van der Waals surface area contributed by atoms with Crippen molar-refractivity contribution >= 4 is 22.9 Å². The minimum atomic E-state index is -0.184. The van der Waals surface area contributed by atoms with Gasteiger partial charge in [-0.3, -0.25) is 4.79 Å². The third kappa shape index (κ3) is 3.81. The normalized spacial score (nSPS) is 10.9. The highest BCUT2D eigenvalue weighted by atomic mass is 32.1. The van der Waals surface area contributed by atoms with Crippen LogP contribution in [0.2, 0.25) is 0 Å². The van der Waals surface area contributed by atoms with E-state index in [9.17, 15) is 4.79 Å². The molecule has 0 unspecified atom stereocenters. The first kappa shape index (κ1) is 15.4. The van der Waals surface area contributed by atoms with E-state index in [2.05, 4.69) is 34.6 Å². The first-order chi connectivity index (χ1) is 11.1. The van der Waals surface area contributed by atoms with Crippen LogP contribution in [0.3, 0.4) is 0 Å². The number of tetrazole rings is 1. The summed E-state index contributed by atoms with van der Waals surface area (Å²) in [4.78, 5) is 13.4. The number of nitrogens with one attached hydrogen (secondary N) is 1. The molecule has 0 atom stereocenters. The number of aromatic nitrogens is 4. The van der Waals surface area contributed by atoms with Gasteiger partial charge in [0, 0.05) is 16.6 Å². The molecule has 0 aliphatic carbocycles. The summed E-state index contributed by atoms with van der Waals surface area (Å²) in [5, 5.41) is 18.8. The van der Waals surface area contributed by atoms with Gasteiger partial charge < -0.3 is 5.32 Å². The van der Waals surface area contributed by atoms with E-state index in [0.29, 0.717) is 11.7 Å². The highest BCUT2D eigenvalue weighted by molar-refractivity contribution is 7.08. The van der Waals surface area contributed by atoms with Gasteiger partial charge in [0.15, 0.2) is 0 Å². The number of hydrogen-bond acceptors (Lipinski definition) is 5. The lowest BCUT2D eigenvalue weighted by Gasteiger charge is -2.08. The number of carbonyl (C=O) groups excluding carboxylic acids is 1. The number of hydrogen-bond donors (Lipinski definition) is 1. The predicted octanol–water partition coefficient (Wildman–Crippen LogP) is 3.16. The number of amides is 1. The van der Waals surface area contributed by atoms with Crippen molar-refractivity contribution < 1.29 is 4.79 Å². The van der Waals surface area contributed by atoms with Crippen molar-refractivity contribution in [3.63, 3.8) is 0 Å². The molecular weight excluding hydrogens is 310 g/mol. The van der Waals surface area contributed by atoms with Gasteiger partial charge in [0.05, 0.1) is 0 Å². The second kappa shape index (κ2) is 6.70. The summed E-state index contributed by atoms with van der Waals surface area (Å²) in [5.41, 5.74) is 2.91. The van der Waals surface area contributed by atoms with E-state index >= 15 is 0 Å². The third-order valence-corrected chi connectivity index (χ3v) is 4.06. The highest BCUT2D eigenvalue weighted by Crippen LogP contribution is 2.18. The standard InChI is InChI=1S/C16H17N5OS/c1-11(2)12-3-5-14(6-4-12)17-15(22)9-21-19-16(18-20-21)13-7-8-23-10-13/h3-8,10-11H,9H2,1-2H3,(H,17,22). The Labute approximate surface area is 138 Å². The number of thiophene rings is 1. The van der Waals surface area contributed by atoms with Crippen LogP contribution in [0.1, 0.15) is 25.3 Å². The van der Waals surface area contributed by atoms with Gasteiger partial charge in [-0.25, -0.2) is 0 Å². The van der Waals surface area contributed by atoms with E-state index in [1.807, 2.05) is 41.1 Å². The zero-order valence-corrected chi connectivity index (χ0v) is 13.7. The van der Waals surface area contributed by atoms with Gasteiger partial charge in [-0.15, -0.1) is 10.2 Å². The smallest absolute Gasteiger partial charge is 0.248 e. The Hall–Kier alpha value is -2.54. The van der Waals surface area contributed by atoms with Crippen LogP contribution < -0.4 is 5.32 Å². The van der Waals surface area contributed by atoms with Gasteiger partial charge in [0.25, 0.3) is 0 Å². The lowest BCUT2D eigenvalue weighted by atomic mass is 10.0. The SMILES string of the molecule is CC(C)c1ccc(NC(=O)Cn2nnc(-c3ccsc3)n2)cc1. The monoisotopic (exact) mass is 327 g/mol. The van der Waals surface area contributed by atoms with Crippen LogP contribution in [0.25, 0.3) is 11.4 Å². The Morgan fingerprint density at radius 1 is 1.26 bits per heavy atom. The van der Waals surface area contributed by atoms with E-state index in [4.69, 9.17) is 0 Å². The van der Waals surface area contributed by atoms with Gasteiger partial charge in [-0.2, -0.15) is 16.1 Å². The Morgan fingerprint density at radius 2 is 2.04 bits per heavy atom. The van der Waals surface area contributed by atoms with E-state index in [0.717, 1.165) is 11.3 Å². The zero-order valence-electron chi connectivity index (χ0n) is 12.9. The van der Waals surface area contributed by atoms with Crippen molar-refractivity contribution in [2.45, 2.75) is 26.3 Å². The average molecular weight is 327 g/mol. The molecule has 0 saturated heterocycles. The summed E-state index contributed by atoms with van der Waals surface area (Å²) in [6.45, 7) is 4.30. The minimum Gasteiger partial charge on any atom is -0.324 e. The molecule has 23 heavy (non-hydrogen) atoms. The molecule has 2 heterocycles. The molecule has 0 aliphatic rings. The molecule has 0 bridgehead atoms. The Bertz CT molecular complexity index is 777. The lowest BCUT2D eigenvalue weighted by Crippen LogP contribution is -2.20. The van der Waals surface area contributed by atoms with Crippen molar-refractivity contribution in [2.75, 3.05) is 5.32 Å². The molecule has 0 aliphatic heterocycles. The summed E-state index contributed by atoms with van der Waals surface area (Å²) in [5.74, 6) is 0.812. The average Bonchev–Trinajstić information content (AvgIpc) is 3.18. The summed E-state index contributed by atoms with van der Waals surface area (Å²) >= 11 is 1.57. The van der Waals surface area contributed by atoms with E-state index in [-0.39, 0.29) is 12.5 Å². The molecule has 0 spiro atoms. The number of nitrogens with zero attached hydrogens (tertiary/aromatic N) is 4. The maximum atomic E-state index is 12.1. The molecule has 1 N–H and O–H groups in total. The van der Waals surface area contributed by atoms with Crippen molar-refractivity contribution in [1.29, 1.82) is 0 Å². The fraction of sp³-hybridized carbons (Fsp3) is 0.250. The summed E-state index contributed by atoms with van der Waals surface area (Å²) in [6, 6.07) is 9.76. The van der Waals surface area contributed by atoms with Gasteiger partial charge in [-0.1, -0.05) is 26.0 Å². The molecule has 7 heteroatoms. The Balaban J connectivity index is 1.61. The first-order valence-corrected chi connectivity index (χ1v) is 8.26. The maximum Gasteiger partial charge on any atom is 0.248 e. The molecule has 1 amide bonds. The van der Waals surface area contributed by atoms with Crippen molar-refractivity contribution in [1.82, 2.24) is 20.2 Å². The quantitative estimate of drug-likeness (QED) is 0.781. The molecular formula is C16H17N5OS. The number of carbonyl (C=O) groups is 1. The van der Waals surface area contributed by atoms with Crippen LogP contribution in [0.4, 0.5) is 5.69 Å². The van der Waals surface area contributed by atoms with E-state index < -0.39 is 0 Å². The number of anilines is 1. The molecule has 118 valence electrons. The summed E-state index contributed by atoms with van der Waals surface area (Å²) in [7, 11) is 0. The van der Waals surface area contributed by atoms with E-state index in [1.54, 1.807) is 11.3 Å². The highest BCUT2D eigenvalue weighted by Gasteiger charge is 2.10. The molecule has 3 aromatic rings. The molecule has 0 radical (unpaired) electrons. The van der Waals surface area contributed by atoms with Crippen LogP contribution in [0.5, 0.6) is 0 Å². The van der Waals surface area contributed by atoms with Crippen LogP contribution in [-0.4, -0.2) is 26.1 Å². The number of benzene rings is 1. The largest absolute Gasteiger partial charge is 0.324 e. The van der Waals surface area contributed by atoms with Crippen LogP contribution in [0.15, 0.2) is 41.1 Å². The van der Waals surface area contributed by atoms with Gasteiger partial charge in [0.1, 0.15) is 6.54 Å². The van der Waals surface area contributed by atoms with E-state index in [1.165, 1.54) is 10.4 Å². The van der Waals surface area contributed by atoms with Crippen LogP contribution >= 0.6 is 11.3 Å². The molecule has 0 fully saturated rings. The summed E-state index contributed by atoms with van der Waals surface area (Å²) < 4.78 is 0. The van der Waals surface area contributed by atoms with Crippen molar-refractivity contribution in [3.05, 3.63) is 46.7 Å². The molecule has 6 nitrogen and oxygen atoms in total. The molecule has 0 saturated carbocycles. The molecule has 2 aromatic heterocycles. The van der Waals surface area contributed by atoms with Crippen molar-refractivity contribution in [3.8, 4) is 11.4 Å². The Kier molecular flexibility index (Phi) is 4.47. The topological polar surface area (TPSA) is 72.7 Å². The second-order valence-corrected chi connectivity index (χ2v) is 6.26. The minimum absolute atomic E-state index is 0.0308. The first-order valence-electron chi connectivity index (χ1n) is 7.32. The molecule has 1 aromatic carbocycles. The lowest BCUT2D eigenvalue weighted by molar-refractivity contribution is -0.117. The fourth-order valence-corrected chi connectivity index (χ4v) is 2.73. The second-order valence-electron chi connectivity index (χ2n) is 5.48. The molecule has 3 rings (SSSR count). The van der Waals surface area contributed by atoms with Crippen molar-refractivity contribution in [2.24, 2.45) is 0 Å². The Morgan fingerprint density at radius 3 is 2.70 bits per heavy atom. The predicted molar refractivity (Wildman–Crippen MR) is 90.3 cm³/mol. The zero-order chi connectivity index (χ0) is 16.2. The van der Waals surface area contributed by atoms with Crippen LogP contribution in [0, 0.1) is 0 Å². The maximum absolute atomic E-state index is 12.1. The van der Waals surface area contributed by atoms with Crippen LogP contribution in [-0.2, 0) is 11.3 Å². The van der Waals surface area contributed by atoms with Gasteiger partial charge in [-0.05, 0) is 40.3 Å². The van der Waals surface area contributed by atoms with Gasteiger partial charge >= 0.3 is 0 Å². The van der Waals surface area contributed by atoms with Gasteiger partial charge in [0.2, 0.25) is 11.7 Å². The number of rotatable bonds is 5. The third-order valence-electron chi connectivity index (χ3n) is 3.38.